The third-order valence-electron chi connectivity index (χ3n) is 1.12. The van der Waals surface area contributed by atoms with Crippen molar-refractivity contribution in [2.75, 3.05) is 12.0 Å². The number of anilines is 1. The van der Waals surface area contributed by atoms with Crippen LogP contribution in [0.25, 0.3) is 0 Å². The van der Waals surface area contributed by atoms with Crippen molar-refractivity contribution in [2.45, 2.75) is 0 Å². The summed E-state index contributed by atoms with van der Waals surface area (Å²) in [6.07, 6.45) is 2.54. The molecule has 1 amide bonds. The molecule has 0 saturated carbocycles. The van der Waals surface area contributed by atoms with E-state index >= 15 is 0 Å². The second-order valence-corrected chi connectivity index (χ2v) is 1.97. The third kappa shape index (κ3) is 2.55. The summed E-state index contributed by atoms with van der Waals surface area (Å²) in [5.74, 6) is 0. The summed E-state index contributed by atoms with van der Waals surface area (Å²) in [5, 5.41) is 2.44. The Hall–Kier alpha value is -1.62. The fourth-order valence-corrected chi connectivity index (χ4v) is 0.666. The zero-order chi connectivity index (χ0) is 8.81. The molecule has 0 bridgehead atoms. The summed E-state index contributed by atoms with van der Waals surface area (Å²) in [6, 6.07) is 3.41. The Bertz CT molecular complexity index is 250. The molecule has 0 atom stereocenters. The second-order valence-electron chi connectivity index (χ2n) is 1.97. The highest BCUT2D eigenvalue weighted by Crippen LogP contribution is 2.02. The van der Waals surface area contributed by atoms with Crippen LogP contribution in [-0.2, 0) is 4.74 Å². The molecule has 0 aliphatic rings. The van der Waals surface area contributed by atoms with Gasteiger partial charge in [0.1, 0.15) is 6.73 Å². The number of amides is 1. The van der Waals surface area contributed by atoms with Crippen LogP contribution >= 0.6 is 0 Å². The van der Waals surface area contributed by atoms with Crippen molar-refractivity contribution in [3.63, 3.8) is 0 Å². The Morgan fingerprint density at radius 1 is 1.75 bits per heavy atom. The number of carbonyl (C=O) groups is 1. The van der Waals surface area contributed by atoms with Gasteiger partial charge < -0.3 is 4.74 Å². The van der Waals surface area contributed by atoms with Crippen LogP contribution in [0.5, 0.6) is 0 Å². The molecular weight excluding hydrogens is 158 g/mol. The molecule has 64 valence electrons. The number of hydrogen-bond donors (Lipinski definition) is 2. The molecule has 1 aromatic heterocycles. The van der Waals surface area contributed by atoms with E-state index in [1.54, 1.807) is 18.3 Å². The number of carbonyl (C=O) groups excluding carboxylic acids is 1. The molecule has 1 rings (SSSR count). The zero-order valence-corrected chi connectivity index (χ0v) is 6.36. The highest BCUT2D eigenvalue weighted by atomic mass is 16.6. The van der Waals surface area contributed by atoms with Gasteiger partial charge in [-0.1, -0.05) is 0 Å². The van der Waals surface area contributed by atoms with Gasteiger partial charge in [-0.2, -0.15) is 0 Å². The molecule has 0 radical (unpaired) electrons. The largest absolute Gasteiger partial charge is 0.434 e. The second kappa shape index (κ2) is 4.30. The maximum atomic E-state index is 10.8. The maximum absolute atomic E-state index is 10.8. The average molecular weight is 167 g/mol. The summed E-state index contributed by atoms with van der Waals surface area (Å²) in [4.78, 5) is 14.6. The SMILES string of the molecule is NCOC(=O)Nc1cccnc1. The van der Waals surface area contributed by atoms with Crippen LogP contribution in [0.15, 0.2) is 24.5 Å². The molecule has 0 aliphatic heterocycles. The van der Waals surface area contributed by atoms with Crippen LogP contribution in [0, 0.1) is 0 Å². The summed E-state index contributed by atoms with van der Waals surface area (Å²) >= 11 is 0. The number of nitrogens with zero attached hydrogens (tertiary/aromatic N) is 1. The smallest absolute Gasteiger partial charge is 0.412 e. The van der Waals surface area contributed by atoms with Crippen LogP contribution < -0.4 is 11.1 Å². The Morgan fingerprint density at radius 3 is 3.17 bits per heavy atom. The molecule has 0 spiro atoms. The van der Waals surface area contributed by atoms with Crippen molar-refractivity contribution < 1.29 is 9.53 Å². The van der Waals surface area contributed by atoms with Crippen molar-refractivity contribution in [3.05, 3.63) is 24.5 Å². The third-order valence-corrected chi connectivity index (χ3v) is 1.12. The summed E-state index contributed by atoms with van der Waals surface area (Å²) in [6.45, 7) is -0.133. The number of aromatic nitrogens is 1. The summed E-state index contributed by atoms with van der Waals surface area (Å²) in [7, 11) is 0. The minimum Gasteiger partial charge on any atom is -0.434 e. The van der Waals surface area contributed by atoms with E-state index in [1.165, 1.54) is 6.20 Å². The molecule has 0 aliphatic carbocycles. The molecule has 5 nitrogen and oxygen atoms in total. The lowest BCUT2D eigenvalue weighted by Crippen LogP contribution is -2.17. The number of hydrogen-bond acceptors (Lipinski definition) is 4. The Balaban J connectivity index is 2.47. The molecule has 3 N–H and O–H groups in total. The van der Waals surface area contributed by atoms with Gasteiger partial charge >= 0.3 is 6.09 Å². The van der Waals surface area contributed by atoms with Gasteiger partial charge in [0.25, 0.3) is 0 Å². The molecule has 0 aromatic carbocycles. The highest BCUT2D eigenvalue weighted by molar-refractivity contribution is 5.84. The lowest BCUT2D eigenvalue weighted by molar-refractivity contribution is 0.165. The van der Waals surface area contributed by atoms with E-state index in [0.717, 1.165) is 0 Å². The van der Waals surface area contributed by atoms with Gasteiger partial charge in [-0.15, -0.1) is 0 Å². The van der Waals surface area contributed by atoms with Crippen molar-refractivity contribution >= 4 is 11.8 Å². The lowest BCUT2D eigenvalue weighted by atomic mass is 10.4. The Labute approximate surface area is 69.5 Å². The lowest BCUT2D eigenvalue weighted by Gasteiger charge is -2.02. The van der Waals surface area contributed by atoms with Gasteiger partial charge in [-0.05, 0) is 12.1 Å². The topological polar surface area (TPSA) is 77.2 Å². The number of nitrogens with two attached hydrogens (primary N) is 1. The van der Waals surface area contributed by atoms with E-state index in [0.29, 0.717) is 5.69 Å². The quantitative estimate of drug-likeness (QED) is 0.630. The van der Waals surface area contributed by atoms with E-state index in [9.17, 15) is 4.79 Å². The molecule has 12 heavy (non-hydrogen) atoms. The van der Waals surface area contributed by atoms with Gasteiger partial charge in [0, 0.05) is 6.20 Å². The predicted octanol–water partition coefficient (Wildman–Crippen LogP) is 0.546. The van der Waals surface area contributed by atoms with Gasteiger partial charge in [0.15, 0.2) is 0 Å². The Morgan fingerprint density at radius 2 is 2.58 bits per heavy atom. The highest BCUT2D eigenvalue weighted by Gasteiger charge is 1.99. The van der Waals surface area contributed by atoms with Crippen molar-refractivity contribution in [3.8, 4) is 0 Å². The minimum atomic E-state index is -0.578. The molecular formula is C7H9N3O2. The van der Waals surface area contributed by atoms with E-state index in [1.807, 2.05) is 0 Å². The van der Waals surface area contributed by atoms with Crippen LogP contribution in [0.1, 0.15) is 0 Å². The van der Waals surface area contributed by atoms with Crippen LogP contribution in [0.3, 0.4) is 0 Å². The zero-order valence-electron chi connectivity index (χ0n) is 6.36. The van der Waals surface area contributed by atoms with Crippen LogP contribution in [0.4, 0.5) is 10.5 Å². The average Bonchev–Trinajstić information content (AvgIpc) is 2.06. The van der Waals surface area contributed by atoms with Gasteiger partial charge in [0.05, 0.1) is 11.9 Å². The first-order valence-corrected chi connectivity index (χ1v) is 3.37. The summed E-state index contributed by atoms with van der Waals surface area (Å²) < 4.78 is 4.45. The number of ether oxygens (including phenoxy) is 1. The molecule has 0 unspecified atom stereocenters. The standard InChI is InChI=1S/C7H9N3O2/c8-5-12-7(11)10-6-2-1-3-9-4-6/h1-4H,5,8H2,(H,10,11). The predicted molar refractivity (Wildman–Crippen MR) is 43.4 cm³/mol. The molecule has 1 heterocycles. The minimum absolute atomic E-state index is 0.133. The first kappa shape index (κ1) is 8.48. The first-order valence-electron chi connectivity index (χ1n) is 3.37. The van der Waals surface area contributed by atoms with Crippen LogP contribution in [0.2, 0.25) is 0 Å². The normalized spacial score (nSPS) is 9.08. The van der Waals surface area contributed by atoms with E-state index in [4.69, 9.17) is 5.73 Å². The monoisotopic (exact) mass is 167 g/mol. The fourth-order valence-electron chi connectivity index (χ4n) is 0.666. The molecule has 5 heteroatoms. The number of rotatable bonds is 2. The molecule has 0 fully saturated rings. The van der Waals surface area contributed by atoms with Crippen molar-refractivity contribution in [1.29, 1.82) is 0 Å². The van der Waals surface area contributed by atoms with Gasteiger partial charge in [0.2, 0.25) is 0 Å². The van der Waals surface area contributed by atoms with Crippen molar-refractivity contribution in [2.24, 2.45) is 5.73 Å². The molecule has 1 aromatic rings. The van der Waals surface area contributed by atoms with E-state index in [2.05, 4.69) is 15.0 Å². The Kier molecular flexibility index (Phi) is 3.04. The van der Waals surface area contributed by atoms with Crippen LogP contribution in [-0.4, -0.2) is 17.8 Å². The summed E-state index contributed by atoms with van der Waals surface area (Å²) in [5.41, 5.74) is 5.56. The molecule has 0 saturated heterocycles. The fraction of sp³-hybridized carbons (Fsp3) is 0.143. The first-order chi connectivity index (χ1) is 5.83. The van der Waals surface area contributed by atoms with E-state index < -0.39 is 6.09 Å². The number of nitrogens with one attached hydrogen (secondary N) is 1. The van der Waals surface area contributed by atoms with Crippen molar-refractivity contribution in [1.82, 2.24) is 4.98 Å². The maximum Gasteiger partial charge on any atom is 0.412 e. The van der Waals surface area contributed by atoms with E-state index in [-0.39, 0.29) is 6.73 Å². The van der Waals surface area contributed by atoms with Gasteiger partial charge in [-0.25, -0.2) is 4.79 Å². The van der Waals surface area contributed by atoms with Gasteiger partial charge in [-0.3, -0.25) is 16.0 Å². The number of pyridine rings is 1.